The van der Waals surface area contributed by atoms with Gasteiger partial charge in [0.05, 0.1) is 7.11 Å². The van der Waals surface area contributed by atoms with Crippen molar-refractivity contribution in [2.45, 2.75) is 6.42 Å². The third kappa shape index (κ3) is 3.97. The summed E-state index contributed by atoms with van der Waals surface area (Å²) in [5, 5.41) is 3.31. The summed E-state index contributed by atoms with van der Waals surface area (Å²) in [7, 11) is 1.58. The second-order valence-corrected chi connectivity index (χ2v) is 6.23. The summed E-state index contributed by atoms with van der Waals surface area (Å²) in [4.78, 5) is 17.4. The van der Waals surface area contributed by atoms with E-state index in [1.54, 1.807) is 49.7 Å². The Labute approximate surface area is 142 Å². The maximum absolute atomic E-state index is 12.9. The Balaban J connectivity index is 1.64. The smallest absolute Gasteiger partial charge is 0.257 e. The van der Waals surface area contributed by atoms with Gasteiger partial charge in [-0.2, -0.15) is 0 Å². The number of nitrogens with one attached hydrogen (secondary N) is 1. The van der Waals surface area contributed by atoms with Crippen LogP contribution < -0.4 is 10.1 Å². The van der Waals surface area contributed by atoms with Crippen LogP contribution in [-0.4, -0.2) is 18.0 Å². The summed E-state index contributed by atoms with van der Waals surface area (Å²) in [6, 6.07) is 13.2. The SMILES string of the molecule is COc1ccc(C(=O)Nc2ncc(Cc3ccc(F)cc3)s2)cc1. The fraction of sp³-hybridized carbons (Fsp3) is 0.111. The van der Waals surface area contributed by atoms with E-state index in [0.717, 1.165) is 10.4 Å². The van der Waals surface area contributed by atoms with Gasteiger partial charge in [0.15, 0.2) is 5.13 Å². The number of benzene rings is 2. The third-order valence-corrected chi connectivity index (χ3v) is 4.33. The molecule has 0 radical (unpaired) electrons. The lowest BCUT2D eigenvalue weighted by atomic mass is 10.1. The van der Waals surface area contributed by atoms with Gasteiger partial charge in [-0.25, -0.2) is 9.37 Å². The summed E-state index contributed by atoms with van der Waals surface area (Å²) >= 11 is 1.40. The molecule has 0 aliphatic heterocycles. The second kappa shape index (κ2) is 7.23. The van der Waals surface area contributed by atoms with E-state index in [9.17, 15) is 9.18 Å². The largest absolute Gasteiger partial charge is 0.497 e. The minimum absolute atomic E-state index is 0.222. The van der Waals surface area contributed by atoms with Crippen LogP contribution >= 0.6 is 11.3 Å². The fourth-order valence-corrected chi connectivity index (χ4v) is 3.00. The lowest BCUT2D eigenvalue weighted by molar-refractivity contribution is 0.102. The van der Waals surface area contributed by atoms with Crippen LogP contribution in [0.15, 0.2) is 54.7 Å². The molecule has 0 aliphatic carbocycles. The van der Waals surface area contributed by atoms with Crippen molar-refractivity contribution in [3.63, 3.8) is 0 Å². The average molecular weight is 342 g/mol. The van der Waals surface area contributed by atoms with E-state index in [4.69, 9.17) is 4.74 Å². The van der Waals surface area contributed by atoms with E-state index in [2.05, 4.69) is 10.3 Å². The molecule has 2 aromatic carbocycles. The molecule has 0 spiro atoms. The molecule has 0 aliphatic rings. The van der Waals surface area contributed by atoms with Gasteiger partial charge in [-0.1, -0.05) is 12.1 Å². The predicted molar refractivity (Wildman–Crippen MR) is 92.3 cm³/mol. The van der Waals surface area contributed by atoms with Gasteiger partial charge < -0.3 is 4.74 Å². The first-order valence-electron chi connectivity index (χ1n) is 7.28. The van der Waals surface area contributed by atoms with Crippen LogP contribution in [0, 0.1) is 5.82 Å². The molecule has 24 heavy (non-hydrogen) atoms. The number of methoxy groups -OCH3 is 1. The second-order valence-electron chi connectivity index (χ2n) is 5.12. The van der Waals surface area contributed by atoms with Crippen LogP contribution in [0.3, 0.4) is 0 Å². The number of ether oxygens (including phenoxy) is 1. The Morgan fingerprint density at radius 1 is 1.17 bits per heavy atom. The van der Waals surface area contributed by atoms with Gasteiger partial charge in [0.1, 0.15) is 11.6 Å². The maximum atomic E-state index is 12.9. The molecule has 0 saturated heterocycles. The van der Waals surface area contributed by atoms with E-state index in [1.807, 2.05) is 0 Å². The minimum atomic E-state index is -0.254. The number of hydrogen-bond acceptors (Lipinski definition) is 4. The summed E-state index contributed by atoms with van der Waals surface area (Å²) in [6.07, 6.45) is 2.37. The van der Waals surface area contributed by atoms with E-state index in [1.165, 1.54) is 23.5 Å². The van der Waals surface area contributed by atoms with Crippen molar-refractivity contribution in [1.82, 2.24) is 4.98 Å². The van der Waals surface area contributed by atoms with Gasteiger partial charge in [-0.05, 0) is 42.0 Å². The molecule has 1 N–H and O–H groups in total. The molecule has 0 bridgehead atoms. The van der Waals surface area contributed by atoms with Crippen LogP contribution in [0.2, 0.25) is 0 Å². The summed E-state index contributed by atoms with van der Waals surface area (Å²) in [5.74, 6) is 0.221. The first kappa shape index (κ1) is 16.1. The molecule has 3 rings (SSSR count). The van der Waals surface area contributed by atoms with Crippen molar-refractivity contribution >= 4 is 22.4 Å². The standard InChI is InChI=1S/C18H15FN2O2S/c1-23-15-8-4-13(5-9-15)17(22)21-18-20-11-16(24-18)10-12-2-6-14(19)7-3-12/h2-9,11H,10H2,1H3,(H,20,21,22). The number of anilines is 1. The zero-order chi connectivity index (χ0) is 16.9. The summed E-state index contributed by atoms with van der Waals surface area (Å²) < 4.78 is 18.0. The van der Waals surface area contributed by atoms with Gasteiger partial charge in [-0.15, -0.1) is 11.3 Å². The molecule has 0 fully saturated rings. The molecule has 1 aromatic heterocycles. The number of carbonyl (C=O) groups is 1. The normalized spacial score (nSPS) is 10.4. The maximum Gasteiger partial charge on any atom is 0.257 e. The van der Waals surface area contributed by atoms with Crippen molar-refractivity contribution in [2.75, 3.05) is 12.4 Å². The van der Waals surface area contributed by atoms with Gasteiger partial charge in [0, 0.05) is 23.1 Å². The quantitative estimate of drug-likeness (QED) is 0.758. The van der Waals surface area contributed by atoms with Crippen LogP contribution in [0.5, 0.6) is 5.75 Å². The Morgan fingerprint density at radius 3 is 2.54 bits per heavy atom. The first-order valence-corrected chi connectivity index (χ1v) is 8.10. The van der Waals surface area contributed by atoms with Gasteiger partial charge in [-0.3, -0.25) is 10.1 Å². The Bertz CT molecular complexity index is 829. The average Bonchev–Trinajstić information content (AvgIpc) is 3.04. The van der Waals surface area contributed by atoms with Crippen molar-refractivity contribution < 1.29 is 13.9 Å². The topological polar surface area (TPSA) is 51.2 Å². The number of halogens is 1. The highest BCUT2D eigenvalue weighted by atomic mass is 32.1. The highest BCUT2D eigenvalue weighted by Gasteiger charge is 2.09. The van der Waals surface area contributed by atoms with Crippen molar-refractivity contribution in [3.8, 4) is 5.75 Å². The molecular weight excluding hydrogens is 327 g/mol. The molecule has 6 heteroatoms. The number of rotatable bonds is 5. The van der Waals surface area contributed by atoms with Crippen LogP contribution in [0.4, 0.5) is 9.52 Å². The zero-order valence-corrected chi connectivity index (χ0v) is 13.8. The highest BCUT2D eigenvalue weighted by molar-refractivity contribution is 7.15. The number of hydrogen-bond donors (Lipinski definition) is 1. The van der Waals surface area contributed by atoms with Gasteiger partial charge >= 0.3 is 0 Å². The van der Waals surface area contributed by atoms with E-state index in [-0.39, 0.29) is 11.7 Å². The molecule has 4 nitrogen and oxygen atoms in total. The number of nitrogens with zero attached hydrogens (tertiary/aromatic N) is 1. The number of amides is 1. The van der Waals surface area contributed by atoms with Gasteiger partial charge in [0.25, 0.3) is 5.91 Å². The third-order valence-electron chi connectivity index (χ3n) is 3.42. The number of thiazole rings is 1. The lowest BCUT2D eigenvalue weighted by Crippen LogP contribution is -2.11. The molecule has 0 saturated carbocycles. The van der Waals surface area contributed by atoms with Crippen LogP contribution in [0.25, 0.3) is 0 Å². The summed E-state index contributed by atoms with van der Waals surface area (Å²) in [6.45, 7) is 0. The van der Waals surface area contributed by atoms with E-state index in [0.29, 0.717) is 22.9 Å². The Morgan fingerprint density at radius 2 is 1.88 bits per heavy atom. The minimum Gasteiger partial charge on any atom is -0.497 e. The van der Waals surface area contributed by atoms with E-state index >= 15 is 0 Å². The predicted octanol–water partition coefficient (Wildman–Crippen LogP) is 4.13. The molecular formula is C18H15FN2O2S. The zero-order valence-electron chi connectivity index (χ0n) is 13.0. The lowest BCUT2D eigenvalue weighted by Gasteiger charge is -2.03. The molecule has 1 heterocycles. The Kier molecular flexibility index (Phi) is 4.86. The fourth-order valence-electron chi connectivity index (χ4n) is 2.16. The van der Waals surface area contributed by atoms with Crippen molar-refractivity contribution in [1.29, 1.82) is 0 Å². The molecule has 1 amide bonds. The van der Waals surface area contributed by atoms with E-state index < -0.39 is 0 Å². The van der Waals surface area contributed by atoms with Crippen LogP contribution in [-0.2, 0) is 6.42 Å². The van der Waals surface area contributed by atoms with Gasteiger partial charge in [0.2, 0.25) is 0 Å². The number of aromatic nitrogens is 1. The Hall–Kier alpha value is -2.73. The molecule has 3 aromatic rings. The van der Waals surface area contributed by atoms with Crippen molar-refractivity contribution in [3.05, 3.63) is 76.5 Å². The molecule has 122 valence electrons. The van der Waals surface area contributed by atoms with Crippen LogP contribution in [0.1, 0.15) is 20.8 Å². The monoisotopic (exact) mass is 342 g/mol. The molecule has 0 atom stereocenters. The first-order chi connectivity index (χ1) is 11.6. The number of carbonyl (C=O) groups excluding carboxylic acids is 1. The van der Waals surface area contributed by atoms with Crippen molar-refractivity contribution in [2.24, 2.45) is 0 Å². The summed E-state index contributed by atoms with van der Waals surface area (Å²) in [5.41, 5.74) is 1.53. The molecule has 0 unspecified atom stereocenters. The highest BCUT2D eigenvalue weighted by Crippen LogP contribution is 2.22.